The van der Waals surface area contributed by atoms with Gasteiger partial charge in [0.25, 0.3) is 11.4 Å². The van der Waals surface area contributed by atoms with Gasteiger partial charge in [0.15, 0.2) is 11.5 Å². The Morgan fingerprint density at radius 1 is 1.25 bits per heavy atom. The summed E-state index contributed by atoms with van der Waals surface area (Å²) in [6, 6.07) is 9.60. The summed E-state index contributed by atoms with van der Waals surface area (Å²) in [7, 11) is 1.30. The Morgan fingerprint density at radius 3 is 2.62 bits per heavy atom. The Labute approximate surface area is 138 Å². The maximum absolute atomic E-state index is 14.0. The smallest absolute Gasteiger partial charge is 0.260 e. The SMILES string of the molecule is COc1nc2c(cc1F)c(O)cc(=O)n2-c1ccccc1C(C)C. The van der Waals surface area contributed by atoms with Crippen LogP contribution in [0.2, 0.25) is 0 Å². The van der Waals surface area contributed by atoms with Crippen LogP contribution in [0, 0.1) is 5.82 Å². The number of pyridine rings is 2. The third kappa shape index (κ3) is 2.50. The summed E-state index contributed by atoms with van der Waals surface area (Å²) in [6.45, 7) is 4.03. The number of rotatable bonds is 3. The molecule has 0 amide bonds. The van der Waals surface area contributed by atoms with Crippen LogP contribution >= 0.6 is 0 Å². The van der Waals surface area contributed by atoms with Crippen molar-refractivity contribution in [2.24, 2.45) is 0 Å². The van der Waals surface area contributed by atoms with E-state index in [2.05, 4.69) is 4.98 Å². The van der Waals surface area contributed by atoms with E-state index in [1.807, 2.05) is 32.0 Å². The van der Waals surface area contributed by atoms with E-state index in [1.165, 1.54) is 11.7 Å². The van der Waals surface area contributed by atoms with E-state index in [4.69, 9.17) is 4.74 Å². The molecular weight excluding hydrogens is 311 g/mol. The van der Waals surface area contributed by atoms with Crippen molar-refractivity contribution in [3.63, 3.8) is 0 Å². The highest BCUT2D eigenvalue weighted by atomic mass is 19.1. The molecule has 2 aromatic heterocycles. The van der Waals surface area contributed by atoms with Gasteiger partial charge in [0.2, 0.25) is 0 Å². The minimum absolute atomic E-state index is 0.145. The van der Waals surface area contributed by atoms with Gasteiger partial charge in [-0.2, -0.15) is 4.98 Å². The quantitative estimate of drug-likeness (QED) is 0.801. The Kier molecular flexibility index (Phi) is 3.97. The molecule has 3 aromatic rings. The number of aromatic nitrogens is 2. The molecule has 0 spiro atoms. The van der Waals surface area contributed by atoms with Crippen molar-refractivity contribution < 1.29 is 14.2 Å². The number of nitrogens with zero attached hydrogens (tertiary/aromatic N) is 2. The highest BCUT2D eigenvalue weighted by Crippen LogP contribution is 2.30. The summed E-state index contributed by atoms with van der Waals surface area (Å²) in [5.41, 5.74) is 1.28. The van der Waals surface area contributed by atoms with Crippen molar-refractivity contribution in [1.29, 1.82) is 0 Å². The van der Waals surface area contributed by atoms with Crippen molar-refractivity contribution >= 4 is 11.0 Å². The first-order chi connectivity index (χ1) is 11.4. The van der Waals surface area contributed by atoms with Gasteiger partial charge in [-0.25, -0.2) is 4.39 Å². The van der Waals surface area contributed by atoms with Crippen LogP contribution < -0.4 is 10.3 Å². The molecule has 0 aliphatic rings. The number of aromatic hydroxyl groups is 1. The molecule has 124 valence electrons. The highest BCUT2D eigenvalue weighted by molar-refractivity contribution is 5.84. The predicted octanol–water partition coefficient (Wildman–Crippen LogP) is 3.36. The van der Waals surface area contributed by atoms with Crippen LogP contribution in [0.3, 0.4) is 0 Å². The summed E-state index contributed by atoms with van der Waals surface area (Å²) in [6.07, 6.45) is 0. The van der Waals surface area contributed by atoms with Crippen LogP contribution in [0.1, 0.15) is 25.3 Å². The second kappa shape index (κ2) is 5.96. The highest BCUT2D eigenvalue weighted by Gasteiger charge is 2.18. The topological polar surface area (TPSA) is 64.3 Å². The van der Waals surface area contributed by atoms with Crippen molar-refractivity contribution in [2.75, 3.05) is 7.11 Å². The first kappa shape index (κ1) is 16.0. The molecular formula is C18H17FN2O3. The maximum atomic E-state index is 14.0. The minimum Gasteiger partial charge on any atom is -0.507 e. The molecule has 0 fully saturated rings. The lowest BCUT2D eigenvalue weighted by Crippen LogP contribution is -2.20. The number of methoxy groups -OCH3 is 1. The third-order valence-corrected chi connectivity index (χ3v) is 3.89. The number of hydrogen-bond donors (Lipinski definition) is 1. The van der Waals surface area contributed by atoms with Crippen LogP contribution in [0.4, 0.5) is 4.39 Å². The van der Waals surface area contributed by atoms with E-state index in [1.54, 1.807) is 6.07 Å². The fourth-order valence-corrected chi connectivity index (χ4v) is 2.74. The number of hydrogen-bond acceptors (Lipinski definition) is 4. The van der Waals surface area contributed by atoms with Crippen molar-refractivity contribution in [2.45, 2.75) is 19.8 Å². The van der Waals surface area contributed by atoms with Crippen molar-refractivity contribution in [1.82, 2.24) is 9.55 Å². The van der Waals surface area contributed by atoms with E-state index in [-0.39, 0.29) is 28.6 Å². The second-order valence-corrected chi connectivity index (χ2v) is 5.77. The van der Waals surface area contributed by atoms with Gasteiger partial charge < -0.3 is 9.84 Å². The number of halogens is 1. The van der Waals surface area contributed by atoms with Crippen LogP contribution in [0.25, 0.3) is 16.7 Å². The fourth-order valence-electron chi connectivity index (χ4n) is 2.74. The molecule has 0 aliphatic heterocycles. The number of para-hydroxylation sites is 1. The molecule has 6 heteroatoms. The van der Waals surface area contributed by atoms with Crippen LogP contribution in [-0.2, 0) is 0 Å². The zero-order chi connectivity index (χ0) is 17.4. The molecule has 1 aromatic carbocycles. The normalized spacial score (nSPS) is 11.2. The van der Waals surface area contributed by atoms with Crippen LogP contribution in [0.5, 0.6) is 11.6 Å². The van der Waals surface area contributed by atoms with Gasteiger partial charge in [-0.1, -0.05) is 32.0 Å². The van der Waals surface area contributed by atoms with Gasteiger partial charge in [-0.05, 0) is 23.6 Å². The van der Waals surface area contributed by atoms with Crippen molar-refractivity contribution in [3.05, 3.63) is 58.1 Å². The zero-order valence-corrected chi connectivity index (χ0v) is 13.6. The van der Waals surface area contributed by atoms with Crippen LogP contribution in [0.15, 0.2) is 41.2 Å². The average molecular weight is 328 g/mol. The van der Waals surface area contributed by atoms with Crippen LogP contribution in [-0.4, -0.2) is 21.8 Å². The summed E-state index contributed by atoms with van der Waals surface area (Å²) >= 11 is 0. The van der Waals surface area contributed by atoms with E-state index in [0.29, 0.717) is 5.69 Å². The summed E-state index contributed by atoms with van der Waals surface area (Å²) < 4.78 is 20.2. The Balaban J connectivity index is 2.47. The summed E-state index contributed by atoms with van der Waals surface area (Å²) in [4.78, 5) is 16.6. The monoisotopic (exact) mass is 328 g/mol. The van der Waals surface area contributed by atoms with Gasteiger partial charge in [0.05, 0.1) is 18.2 Å². The number of benzene rings is 1. The summed E-state index contributed by atoms with van der Waals surface area (Å²) in [5, 5.41) is 10.2. The van der Waals surface area contributed by atoms with E-state index in [9.17, 15) is 14.3 Å². The Hall–Kier alpha value is -2.89. The molecule has 0 bridgehead atoms. The zero-order valence-electron chi connectivity index (χ0n) is 13.6. The lowest BCUT2D eigenvalue weighted by molar-refractivity contribution is 0.370. The molecule has 0 saturated heterocycles. The average Bonchev–Trinajstić information content (AvgIpc) is 2.55. The lowest BCUT2D eigenvalue weighted by Gasteiger charge is -2.17. The molecule has 2 heterocycles. The largest absolute Gasteiger partial charge is 0.507 e. The standard InChI is InChI=1S/C18H17FN2O3/c1-10(2)11-6-4-5-7-14(11)21-16(23)9-15(22)12-8-13(19)18(24-3)20-17(12)21/h4-10,22H,1-3H3. The molecule has 0 aliphatic carbocycles. The lowest BCUT2D eigenvalue weighted by atomic mass is 10.0. The molecule has 0 radical (unpaired) electrons. The molecule has 0 saturated carbocycles. The first-order valence-electron chi connectivity index (χ1n) is 7.52. The molecule has 1 N–H and O–H groups in total. The van der Waals surface area contributed by atoms with Crippen molar-refractivity contribution in [3.8, 4) is 17.3 Å². The van der Waals surface area contributed by atoms with E-state index < -0.39 is 11.4 Å². The third-order valence-electron chi connectivity index (χ3n) is 3.89. The molecule has 3 rings (SSSR count). The predicted molar refractivity (Wildman–Crippen MR) is 89.6 cm³/mol. The number of fused-ring (bicyclic) bond motifs is 1. The van der Waals surface area contributed by atoms with E-state index >= 15 is 0 Å². The Bertz CT molecular complexity index is 980. The van der Waals surface area contributed by atoms with Gasteiger partial charge in [0.1, 0.15) is 5.75 Å². The van der Waals surface area contributed by atoms with Gasteiger partial charge >= 0.3 is 0 Å². The molecule has 0 atom stereocenters. The van der Waals surface area contributed by atoms with Gasteiger partial charge in [0, 0.05) is 6.07 Å². The van der Waals surface area contributed by atoms with Gasteiger partial charge in [-0.15, -0.1) is 0 Å². The van der Waals surface area contributed by atoms with E-state index in [0.717, 1.165) is 17.7 Å². The summed E-state index contributed by atoms with van der Waals surface area (Å²) in [5.74, 6) is -1.09. The molecule has 0 unspecified atom stereocenters. The maximum Gasteiger partial charge on any atom is 0.260 e. The molecule has 24 heavy (non-hydrogen) atoms. The first-order valence-corrected chi connectivity index (χ1v) is 7.52. The van der Waals surface area contributed by atoms with Gasteiger partial charge in [-0.3, -0.25) is 9.36 Å². The fraction of sp³-hybridized carbons (Fsp3) is 0.222. The molecule has 5 nitrogen and oxygen atoms in total. The Morgan fingerprint density at radius 2 is 1.96 bits per heavy atom. The second-order valence-electron chi connectivity index (χ2n) is 5.77. The number of ether oxygens (including phenoxy) is 1. The minimum atomic E-state index is -0.706.